The van der Waals surface area contributed by atoms with E-state index in [-0.39, 0.29) is 12.3 Å². The van der Waals surface area contributed by atoms with Gasteiger partial charge in [-0.3, -0.25) is 4.79 Å². The van der Waals surface area contributed by atoms with E-state index < -0.39 is 6.29 Å². The summed E-state index contributed by atoms with van der Waals surface area (Å²) < 4.78 is 0. The van der Waals surface area contributed by atoms with Crippen molar-refractivity contribution in [3.05, 3.63) is 48.6 Å². The van der Waals surface area contributed by atoms with Crippen LogP contribution in [0.25, 0.3) is 0 Å². The monoisotopic (exact) mass is 263 g/mol. The van der Waals surface area contributed by atoms with Gasteiger partial charge < -0.3 is 15.1 Å². The molecule has 1 amide bonds. The second-order valence-corrected chi connectivity index (χ2v) is 4.39. The molecule has 0 bridgehead atoms. The minimum Gasteiger partial charge on any atom is -0.368 e. The summed E-state index contributed by atoms with van der Waals surface area (Å²) in [5, 5.41) is 17.8. The van der Waals surface area contributed by atoms with Gasteiger partial charge in [-0.1, -0.05) is 36.4 Å². The molecule has 0 unspecified atom stereocenters. The van der Waals surface area contributed by atoms with E-state index in [9.17, 15) is 4.79 Å². The van der Waals surface area contributed by atoms with Crippen molar-refractivity contribution in [1.29, 1.82) is 0 Å². The number of carbonyl (C=O) groups is 1. The molecule has 1 aromatic carbocycles. The Balaban J connectivity index is 2.57. The third-order valence-electron chi connectivity index (χ3n) is 2.81. The summed E-state index contributed by atoms with van der Waals surface area (Å²) in [6, 6.07) is 9.52. The van der Waals surface area contributed by atoms with E-state index in [0.717, 1.165) is 5.56 Å². The van der Waals surface area contributed by atoms with Gasteiger partial charge >= 0.3 is 0 Å². The molecule has 1 aromatic rings. The summed E-state index contributed by atoms with van der Waals surface area (Å²) in [4.78, 5) is 13.8. The maximum absolute atomic E-state index is 12.2. The SMILES string of the molecule is C=CCCN(CCC(O)O)C(=O)Cc1ccccc1. The van der Waals surface area contributed by atoms with Gasteiger partial charge in [-0.05, 0) is 12.0 Å². The molecule has 0 fully saturated rings. The standard InChI is InChI=1S/C15H21NO3/c1-2-3-10-16(11-9-15(18)19)14(17)12-13-7-5-4-6-8-13/h2,4-8,15,18-19H,1,3,9-12H2. The molecule has 0 radical (unpaired) electrons. The Bertz CT molecular complexity index is 390. The van der Waals surface area contributed by atoms with Crippen molar-refractivity contribution >= 4 is 5.91 Å². The van der Waals surface area contributed by atoms with E-state index in [4.69, 9.17) is 10.2 Å². The predicted octanol–water partition coefficient (Wildman–Crippen LogP) is 1.33. The van der Waals surface area contributed by atoms with Crippen LogP contribution >= 0.6 is 0 Å². The fraction of sp³-hybridized carbons (Fsp3) is 0.400. The van der Waals surface area contributed by atoms with Crippen LogP contribution in [0.15, 0.2) is 43.0 Å². The van der Waals surface area contributed by atoms with Crippen LogP contribution in [0.4, 0.5) is 0 Å². The number of benzene rings is 1. The molecule has 0 saturated carbocycles. The predicted molar refractivity (Wildman–Crippen MR) is 74.4 cm³/mol. The number of aliphatic hydroxyl groups excluding tert-OH is 1. The second-order valence-electron chi connectivity index (χ2n) is 4.39. The van der Waals surface area contributed by atoms with Crippen molar-refractivity contribution in [2.75, 3.05) is 13.1 Å². The fourth-order valence-electron chi connectivity index (χ4n) is 1.76. The van der Waals surface area contributed by atoms with Gasteiger partial charge in [0.1, 0.15) is 0 Å². The summed E-state index contributed by atoms with van der Waals surface area (Å²) >= 11 is 0. The molecule has 0 spiro atoms. The Morgan fingerprint density at radius 2 is 1.95 bits per heavy atom. The Morgan fingerprint density at radius 1 is 1.26 bits per heavy atom. The quantitative estimate of drug-likeness (QED) is 0.549. The van der Waals surface area contributed by atoms with Crippen LogP contribution in [0.1, 0.15) is 18.4 Å². The zero-order valence-electron chi connectivity index (χ0n) is 11.0. The smallest absolute Gasteiger partial charge is 0.227 e. The molecule has 0 aliphatic rings. The Kier molecular flexibility index (Phi) is 6.85. The number of carbonyl (C=O) groups excluding carboxylic acids is 1. The van der Waals surface area contributed by atoms with Crippen LogP contribution in [-0.4, -0.2) is 40.4 Å². The van der Waals surface area contributed by atoms with Crippen LogP contribution in [0.3, 0.4) is 0 Å². The molecule has 19 heavy (non-hydrogen) atoms. The van der Waals surface area contributed by atoms with E-state index in [1.165, 1.54) is 0 Å². The summed E-state index contributed by atoms with van der Waals surface area (Å²) in [5.41, 5.74) is 0.959. The molecule has 4 heteroatoms. The highest BCUT2D eigenvalue weighted by Crippen LogP contribution is 2.05. The molecule has 0 atom stereocenters. The molecular formula is C15H21NO3. The van der Waals surface area contributed by atoms with Crippen molar-refractivity contribution in [2.24, 2.45) is 0 Å². The van der Waals surface area contributed by atoms with Gasteiger partial charge in [-0.15, -0.1) is 6.58 Å². The van der Waals surface area contributed by atoms with Crippen molar-refractivity contribution in [2.45, 2.75) is 25.6 Å². The molecular weight excluding hydrogens is 242 g/mol. The van der Waals surface area contributed by atoms with E-state index in [1.54, 1.807) is 11.0 Å². The van der Waals surface area contributed by atoms with Crippen LogP contribution in [0.5, 0.6) is 0 Å². The molecule has 0 aliphatic carbocycles. The average molecular weight is 263 g/mol. The lowest BCUT2D eigenvalue weighted by molar-refractivity contribution is -0.131. The Labute approximate surface area is 114 Å². The van der Waals surface area contributed by atoms with Crippen molar-refractivity contribution in [3.8, 4) is 0 Å². The zero-order valence-corrected chi connectivity index (χ0v) is 11.0. The highest BCUT2D eigenvalue weighted by Gasteiger charge is 2.14. The molecule has 0 aliphatic heterocycles. The summed E-state index contributed by atoms with van der Waals surface area (Å²) in [7, 11) is 0. The van der Waals surface area contributed by atoms with Gasteiger partial charge in [-0.2, -0.15) is 0 Å². The van der Waals surface area contributed by atoms with Crippen molar-refractivity contribution < 1.29 is 15.0 Å². The highest BCUT2D eigenvalue weighted by molar-refractivity contribution is 5.78. The number of hydrogen-bond donors (Lipinski definition) is 2. The lowest BCUT2D eigenvalue weighted by atomic mass is 10.1. The molecule has 1 rings (SSSR count). The maximum Gasteiger partial charge on any atom is 0.227 e. The minimum atomic E-state index is -1.38. The second kappa shape index (κ2) is 8.45. The Hall–Kier alpha value is -1.65. The Morgan fingerprint density at radius 3 is 2.53 bits per heavy atom. The van der Waals surface area contributed by atoms with Gasteiger partial charge in [0.2, 0.25) is 5.91 Å². The first-order valence-corrected chi connectivity index (χ1v) is 6.42. The lowest BCUT2D eigenvalue weighted by Gasteiger charge is -2.22. The normalized spacial score (nSPS) is 10.5. The summed E-state index contributed by atoms with van der Waals surface area (Å²) in [5.74, 6) is -0.00583. The fourth-order valence-corrected chi connectivity index (χ4v) is 1.76. The molecule has 2 N–H and O–H groups in total. The van der Waals surface area contributed by atoms with E-state index >= 15 is 0 Å². The molecule has 4 nitrogen and oxygen atoms in total. The van der Waals surface area contributed by atoms with Crippen molar-refractivity contribution in [3.63, 3.8) is 0 Å². The first-order valence-electron chi connectivity index (χ1n) is 6.42. The first-order chi connectivity index (χ1) is 9.13. The largest absolute Gasteiger partial charge is 0.368 e. The minimum absolute atomic E-state index is 0.00583. The summed E-state index contributed by atoms with van der Waals surface area (Å²) in [6.45, 7) is 4.54. The van der Waals surface area contributed by atoms with Crippen molar-refractivity contribution in [1.82, 2.24) is 4.90 Å². The molecule has 0 aromatic heterocycles. The van der Waals surface area contributed by atoms with E-state index in [1.807, 2.05) is 30.3 Å². The summed E-state index contributed by atoms with van der Waals surface area (Å²) in [6.07, 6.45) is 1.56. The molecule has 0 heterocycles. The number of aliphatic hydroxyl groups is 2. The number of amides is 1. The third kappa shape index (κ3) is 6.18. The van der Waals surface area contributed by atoms with Crippen LogP contribution < -0.4 is 0 Å². The van der Waals surface area contributed by atoms with Gasteiger partial charge in [0.15, 0.2) is 6.29 Å². The topological polar surface area (TPSA) is 60.8 Å². The van der Waals surface area contributed by atoms with Gasteiger partial charge in [0, 0.05) is 19.5 Å². The number of rotatable bonds is 8. The van der Waals surface area contributed by atoms with Crippen LogP contribution in [0, 0.1) is 0 Å². The highest BCUT2D eigenvalue weighted by atomic mass is 16.5. The lowest BCUT2D eigenvalue weighted by Crippen LogP contribution is -2.35. The van der Waals surface area contributed by atoms with Crippen LogP contribution in [0.2, 0.25) is 0 Å². The van der Waals surface area contributed by atoms with Gasteiger partial charge in [0.25, 0.3) is 0 Å². The first kappa shape index (κ1) is 15.4. The van der Waals surface area contributed by atoms with Gasteiger partial charge in [0.05, 0.1) is 6.42 Å². The molecule has 0 saturated heterocycles. The number of hydrogen-bond acceptors (Lipinski definition) is 3. The third-order valence-corrected chi connectivity index (χ3v) is 2.81. The van der Waals surface area contributed by atoms with Crippen LogP contribution in [-0.2, 0) is 11.2 Å². The average Bonchev–Trinajstić information content (AvgIpc) is 2.39. The molecule has 104 valence electrons. The zero-order chi connectivity index (χ0) is 14.1. The van der Waals surface area contributed by atoms with E-state index in [0.29, 0.717) is 25.9 Å². The number of nitrogens with zero attached hydrogens (tertiary/aromatic N) is 1. The van der Waals surface area contributed by atoms with E-state index in [2.05, 4.69) is 6.58 Å². The van der Waals surface area contributed by atoms with Gasteiger partial charge in [-0.25, -0.2) is 0 Å². The maximum atomic E-state index is 12.2.